The van der Waals surface area contributed by atoms with Gasteiger partial charge in [-0.3, -0.25) is 0 Å². The zero-order valence-corrected chi connectivity index (χ0v) is 11.3. The lowest BCUT2D eigenvalue weighted by molar-refractivity contribution is 0.326. The van der Waals surface area contributed by atoms with Crippen molar-refractivity contribution in [2.75, 3.05) is 21.3 Å². The largest absolute Gasteiger partial charge is 0.496 e. The minimum absolute atomic E-state index is 0.640. The average Bonchev–Trinajstić information content (AvgIpc) is 2.36. The van der Waals surface area contributed by atoms with Crippen molar-refractivity contribution in [3.05, 3.63) is 17.7 Å². The van der Waals surface area contributed by atoms with Crippen LogP contribution >= 0.6 is 0 Å². The molecule has 0 bridgehead atoms. The molecule has 18 heavy (non-hydrogen) atoms. The Kier molecular flexibility index (Phi) is 4.31. The molecular weight excluding hydrogens is 230 g/mol. The lowest BCUT2D eigenvalue weighted by Crippen LogP contribution is -2.34. The van der Waals surface area contributed by atoms with Gasteiger partial charge >= 0.3 is 0 Å². The van der Waals surface area contributed by atoms with E-state index in [1.165, 1.54) is 19.3 Å². The molecule has 0 radical (unpaired) electrons. The Labute approximate surface area is 108 Å². The third-order valence-electron chi connectivity index (χ3n) is 3.49. The van der Waals surface area contributed by atoms with Gasteiger partial charge in [-0.05, 0) is 12.8 Å². The van der Waals surface area contributed by atoms with E-state index in [0.717, 1.165) is 29.4 Å². The summed E-state index contributed by atoms with van der Waals surface area (Å²) in [5.74, 6) is 2.35. The fourth-order valence-electron chi connectivity index (χ4n) is 2.11. The third-order valence-corrected chi connectivity index (χ3v) is 3.49. The molecule has 1 N–H and O–H groups in total. The Hall–Kier alpha value is -1.42. The standard InChI is InChI=1S/C14H21NO3/c1-16-11-7-13(17-2)12(14(8-11)18-3)9-15-10-5-4-6-10/h7-8,10,15H,4-6,9H2,1-3H3. The van der Waals surface area contributed by atoms with Crippen molar-refractivity contribution in [1.82, 2.24) is 5.32 Å². The molecule has 100 valence electrons. The van der Waals surface area contributed by atoms with E-state index in [4.69, 9.17) is 14.2 Å². The molecule has 0 saturated heterocycles. The normalized spacial score (nSPS) is 15.1. The zero-order chi connectivity index (χ0) is 13.0. The van der Waals surface area contributed by atoms with Crippen molar-refractivity contribution in [2.24, 2.45) is 0 Å². The molecule has 0 spiro atoms. The molecule has 0 heterocycles. The van der Waals surface area contributed by atoms with Crippen molar-refractivity contribution in [2.45, 2.75) is 31.8 Å². The van der Waals surface area contributed by atoms with Gasteiger partial charge in [0, 0.05) is 24.7 Å². The second kappa shape index (κ2) is 5.96. The van der Waals surface area contributed by atoms with E-state index in [0.29, 0.717) is 6.04 Å². The highest BCUT2D eigenvalue weighted by atomic mass is 16.5. The van der Waals surface area contributed by atoms with Crippen molar-refractivity contribution in [1.29, 1.82) is 0 Å². The summed E-state index contributed by atoms with van der Waals surface area (Å²) in [5.41, 5.74) is 1.05. The average molecular weight is 251 g/mol. The quantitative estimate of drug-likeness (QED) is 0.842. The molecule has 2 rings (SSSR count). The number of methoxy groups -OCH3 is 3. The van der Waals surface area contributed by atoms with Crippen LogP contribution in [-0.4, -0.2) is 27.4 Å². The lowest BCUT2D eigenvalue weighted by atomic mass is 9.93. The highest BCUT2D eigenvalue weighted by molar-refractivity contribution is 5.50. The van der Waals surface area contributed by atoms with E-state index < -0.39 is 0 Å². The fourth-order valence-corrected chi connectivity index (χ4v) is 2.11. The third kappa shape index (κ3) is 2.70. The Morgan fingerprint density at radius 2 is 1.67 bits per heavy atom. The molecule has 0 amide bonds. The molecule has 1 aliphatic carbocycles. The van der Waals surface area contributed by atoms with Gasteiger partial charge in [0.15, 0.2) is 0 Å². The smallest absolute Gasteiger partial charge is 0.130 e. The molecule has 1 aliphatic rings. The number of benzene rings is 1. The first kappa shape index (κ1) is 13.0. The highest BCUT2D eigenvalue weighted by Gasteiger charge is 2.19. The molecular formula is C14H21NO3. The molecule has 4 heteroatoms. The minimum atomic E-state index is 0.640. The van der Waals surface area contributed by atoms with E-state index >= 15 is 0 Å². The SMILES string of the molecule is COc1cc(OC)c(CNC2CCC2)c(OC)c1. The summed E-state index contributed by atoms with van der Waals surface area (Å²) in [4.78, 5) is 0. The molecule has 0 aromatic heterocycles. The van der Waals surface area contributed by atoms with Crippen LogP contribution in [0.5, 0.6) is 17.2 Å². The summed E-state index contributed by atoms with van der Waals surface area (Å²) in [6.07, 6.45) is 3.86. The van der Waals surface area contributed by atoms with Gasteiger partial charge in [-0.2, -0.15) is 0 Å². The van der Waals surface area contributed by atoms with Gasteiger partial charge in [0.25, 0.3) is 0 Å². The number of rotatable bonds is 6. The molecule has 0 atom stereocenters. The van der Waals surface area contributed by atoms with Gasteiger partial charge in [-0.25, -0.2) is 0 Å². The van der Waals surface area contributed by atoms with Gasteiger partial charge < -0.3 is 19.5 Å². The van der Waals surface area contributed by atoms with E-state index in [-0.39, 0.29) is 0 Å². The first-order valence-electron chi connectivity index (χ1n) is 6.30. The summed E-state index contributed by atoms with van der Waals surface area (Å²) in [6.45, 7) is 0.765. The lowest BCUT2D eigenvalue weighted by Gasteiger charge is -2.27. The monoisotopic (exact) mass is 251 g/mol. The van der Waals surface area contributed by atoms with Gasteiger partial charge in [0.2, 0.25) is 0 Å². The molecule has 1 fully saturated rings. The Balaban J connectivity index is 2.18. The maximum atomic E-state index is 5.41. The van der Waals surface area contributed by atoms with Crippen LogP contribution in [0.4, 0.5) is 0 Å². The van der Waals surface area contributed by atoms with Crippen molar-refractivity contribution < 1.29 is 14.2 Å². The van der Waals surface area contributed by atoms with Crippen LogP contribution in [0.2, 0.25) is 0 Å². The highest BCUT2D eigenvalue weighted by Crippen LogP contribution is 2.34. The molecule has 1 aromatic carbocycles. The van der Waals surface area contributed by atoms with Gasteiger partial charge in [-0.15, -0.1) is 0 Å². The molecule has 1 aromatic rings. The molecule has 1 saturated carbocycles. The van der Waals surface area contributed by atoms with E-state index in [1.54, 1.807) is 21.3 Å². The number of nitrogens with one attached hydrogen (secondary N) is 1. The number of ether oxygens (including phenoxy) is 3. The zero-order valence-electron chi connectivity index (χ0n) is 11.3. The fraction of sp³-hybridized carbons (Fsp3) is 0.571. The van der Waals surface area contributed by atoms with Crippen molar-refractivity contribution in [3.8, 4) is 17.2 Å². The Bertz CT molecular complexity index is 377. The summed E-state index contributed by atoms with van der Waals surface area (Å²) in [5, 5.41) is 3.52. The number of hydrogen-bond donors (Lipinski definition) is 1. The van der Waals surface area contributed by atoms with Crippen molar-refractivity contribution in [3.63, 3.8) is 0 Å². The van der Waals surface area contributed by atoms with Crippen LogP contribution in [0.3, 0.4) is 0 Å². The van der Waals surface area contributed by atoms with Crippen LogP contribution < -0.4 is 19.5 Å². The van der Waals surface area contributed by atoms with E-state index in [9.17, 15) is 0 Å². The first-order valence-corrected chi connectivity index (χ1v) is 6.30. The van der Waals surface area contributed by atoms with Gasteiger partial charge in [0.1, 0.15) is 17.2 Å². The second-order valence-electron chi connectivity index (χ2n) is 4.52. The van der Waals surface area contributed by atoms with Crippen LogP contribution in [0.1, 0.15) is 24.8 Å². The first-order chi connectivity index (χ1) is 8.78. The molecule has 4 nitrogen and oxygen atoms in total. The van der Waals surface area contributed by atoms with E-state index in [1.807, 2.05) is 12.1 Å². The van der Waals surface area contributed by atoms with Gasteiger partial charge in [-0.1, -0.05) is 6.42 Å². The summed E-state index contributed by atoms with van der Waals surface area (Å²) in [7, 11) is 4.97. The van der Waals surface area contributed by atoms with Crippen LogP contribution in [-0.2, 0) is 6.54 Å². The maximum Gasteiger partial charge on any atom is 0.130 e. The minimum Gasteiger partial charge on any atom is -0.496 e. The Morgan fingerprint density at radius 3 is 2.06 bits per heavy atom. The maximum absolute atomic E-state index is 5.41. The summed E-state index contributed by atoms with van der Waals surface area (Å²) in [6, 6.07) is 4.42. The molecule has 0 unspecified atom stereocenters. The topological polar surface area (TPSA) is 39.7 Å². The molecule has 0 aliphatic heterocycles. The Morgan fingerprint density at radius 1 is 1.06 bits per heavy atom. The second-order valence-corrected chi connectivity index (χ2v) is 4.52. The van der Waals surface area contributed by atoms with Crippen LogP contribution in [0, 0.1) is 0 Å². The number of hydrogen-bond acceptors (Lipinski definition) is 4. The predicted molar refractivity (Wildman–Crippen MR) is 70.6 cm³/mol. The summed E-state index contributed by atoms with van der Waals surface area (Å²) < 4.78 is 16.1. The van der Waals surface area contributed by atoms with Gasteiger partial charge in [0.05, 0.1) is 26.9 Å². The predicted octanol–water partition coefficient (Wildman–Crippen LogP) is 2.35. The van der Waals surface area contributed by atoms with E-state index in [2.05, 4.69) is 5.32 Å². The van der Waals surface area contributed by atoms with Crippen molar-refractivity contribution >= 4 is 0 Å². The van der Waals surface area contributed by atoms with Crippen LogP contribution in [0.25, 0.3) is 0 Å². The van der Waals surface area contributed by atoms with Crippen LogP contribution in [0.15, 0.2) is 12.1 Å². The summed E-state index contributed by atoms with van der Waals surface area (Å²) >= 11 is 0.